The molecule has 0 spiro atoms. The van der Waals surface area contributed by atoms with Crippen molar-refractivity contribution < 1.29 is 9.59 Å². The zero-order chi connectivity index (χ0) is 14.0. The van der Waals surface area contributed by atoms with E-state index in [2.05, 4.69) is 5.10 Å². The van der Waals surface area contributed by atoms with Crippen molar-refractivity contribution in [1.82, 2.24) is 19.6 Å². The lowest BCUT2D eigenvalue weighted by atomic mass is 10.2. The summed E-state index contributed by atoms with van der Waals surface area (Å²) in [5.74, 6) is -0.464. The van der Waals surface area contributed by atoms with Crippen LogP contribution in [0.3, 0.4) is 0 Å². The Morgan fingerprint density at radius 1 is 1.33 bits per heavy atom. The first-order valence-corrected chi connectivity index (χ1v) is 5.50. The molecule has 1 aromatic rings. The Balaban J connectivity index is 2.90. The lowest BCUT2D eigenvalue weighted by Gasteiger charge is -2.19. The smallest absolute Gasteiger partial charge is 0.274 e. The van der Waals surface area contributed by atoms with Crippen molar-refractivity contribution in [2.45, 2.75) is 6.92 Å². The maximum atomic E-state index is 12.2. The molecule has 0 aliphatic rings. The van der Waals surface area contributed by atoms with Crippen LogP contribution in [0, 0.1) is 6.92 Å². The molecule has 1 aromatic heterocycles. The van der Waals surface area contributed by atoms with Crippen LogP contribution in [-0.2, 0) is 11.8 Å². The van der Waals surface area contributed by atoms with Crippen molar-refractivity contribution in [3.8, 4) is 0 Å². The third kappa shape index (κ3) is 2.61. The first-order chi connectivity index (χ1) is 8.25. The fourth-order valence-electron chi connectivity index (χ4n) is 1.53. The highest BCUT2D eigenvalue weighted by Gasteiger charge is 2.22. The molecule has 0 aromatic carbocycles. The molecular weight excluding hydrogens is 234 g/mol. The van der Waals surface area contributed by atoms with Crippen molar-refractivity contribution in [3.63, 3.8) is 0 Å². The Labute approximate surface area is 106 Å². The molecule has 0 radical (unpaired) electrons. The van der Waals surface area contributed by atoms with Crippen LogP contribution < -0.4 is 5.73 Å². The van der Waals surface area contributed by atoms with E-state index in [1.807, 2.05) is 0 Å². The number of nitrogens with zero attached hydrogens (tertiary/aromatic N) is 4. The minimum Gasteiger partial charge on any atom is -0.395 e. The van der Waals surface area contributed by atoms with E-state index in [0.29, 0.717) is 17.1 Å². The van der Waals surface area contributed by atoms with Crippen molar-refractivity contribution in [2.75, 3.05) is 33.4 Å². The van der Waals surface area contributed by atoms with Gasteiger partial charge in [0, 0.05) is 28.2 Å². The number of aryl methyl sites for hydroxylation is 2. The van der Waals surface area contributed by atoms with Crippen LogP contribution in [0.1, 0.15) is 16.2 Å². The first kappa shape index (κ1) is 14.0. The summed E-state index contributed by atoms with van der Waals surface area (Å²) in [6.45, 7) is 1.74. The number of rotatable bonds is 3. The molecule has 0 saturated heterocycles. The Hall–Kier alpha value is -2.05. The second-order valence-corrected chi connectivity index (χ2v) is 4.42. The molecule has 1 heterocycles. The largest absolute Gasteiger partial charge is 0.395 e. The second-order valence-electron chi connectivity index (χ2n) is 4.42. The molecule has 7 nitrogen and oxygen atoms in total. The summed E-state index contributed by atoms with van der Waals surface area (Å²) in [6, 6.07) is 0. The van der Waals surface area contributed by atoms with Gasteiger partial charge in [0.2, 0.25) is 5.91 Å². The lowest BCUT2D eigenvalue weighted by molar-refractivity contribution is -0.129. The van der Waals surface area contributed by atoms with Gasteiger partial charge in [-0.3, -0.25) is 14.3 Å². The summed E-state index contributed by atoms with van der Waals surface area (Å²) in [6.07, 6.45) is 0. The Morgan fingerprint density at radius 2 is 1.89 bits per heavy atom. The molecule has 2 N–H and O–H groups in total. The van der Waals surface area contributed by atoms with E-state index in [1.54, 1.807) is 35.1 Å². The van der Waals surface area contributed by atoms with Gasteiger partial charge in [-0.05, 0) is 6.92 Å². The van der Waals surface area contributed by atoms with E-state index in [-0.39, 0.29) is 18.4 Å². The van der Waals surface area contributed by atoms with Gasteiger partial charge in [0.15, 0.2) is 0 Å². The van der Waals surface area contributed by atoms with Gasteiger partial charge in [0.1, 0.15) is 5.69 Å². The minimum absolute atomic E-state index is 0.00943. The Morgan fingerprint density at radius 3 is 2.28 bits per heavy atom. The average Bonchev–Trinajstić information content (AvgIpc) is 2.52. The Kier molecular flexibility index (Phi) is 3.95. The fourth-order valence-corrected chi connectivity index (χ4v) is 1.53. The van der Waals surface area contributed by atoms with Crippen LogP contribution in [0.15, 0.2) is 0 Å². The standard InChI is InChI=1S/C11H19N5O2/c1-7-9(12)10(16(5)13-7)11(18)15(4)6-8(17)14(2)3/h6,12H2,1-5H3. The third-order valence-electron chi connectivity index (χ3n) is 2.69. The third-order valence-corrected chi connectivity index (χ3v) is 2.69. The van der Waals surface area contributed by atoms with Crippen LogP contribution in [0.4, 0.5) is 5.69 Å². The topological polar surface area (TPSA) is 84.5 Å². The van der Waals surface area contributed by atoms with Crippen LogP contribution in [0.5, 0.6) is 0 Å². The molecule has 0 unspecified atom stereocenters. The van der Waals surface area contributed by atoms with Crippen LogP contribution in [0.2, 0.25) is 0 Å². The summed E-state index contributed by atoms with van der Waals surface area (Å²) in [5, 5.41) is 4.08. The molecule has 0 saturated carbocycles. The lowest BCUT2D eigenvalue weighted by Crippen LogP contribution is -2.38. The number of carbonyl (C=O) groups excluding carboxylic acids is 2. The molecule has 0 fully saturated rings. The average molecular weight is 253 g/mol. The van der Waals surface area contributed by atoms with Crippen LogP contribution in [0.25, 0.3) is 0 Å². The molecule has 0 aliphatic heterocycles. The highest BCUT2D eigenvalue weighted by molar-refractivity contribution is 5.99. The van der Waals surface area contributed by atoms with Gasteiger partial charge in [-0.2, -0.15) is 5.10 Å². The van der Waals surface area contributed by atoms with E-state index in [4.69, 9.17) is 5.73 Å². The van der Waals surface area contributed by atoms with Gasteiger partial charge in [0.05, 0.1) is 17.9 Å². The van der Waals surface area contributed by atoms with E-state index in [9.17, 15) is 9.59 Å². The fraction of sp³-hybridized carbons (Fsp3) is 0.545. The van der Waals surface area contributed by atoms with Crippen molar-refractivity contribution in [1.29, 1.82) is 0 Å². The monoisotopic (exact) mass is 253 g/mol. The normalized spacial score (nSPS) is 10.3. The van der Waals surface area contributed by atoms with Crippen LogP contribution >= 0.6 is 0 Å². The molecule has 0 atom stereocenters. The molecule has 18 heavy (non-hydrogen) atoms. The highest BCUT2D eigenvalue weighted by atomic mass is 16.2. The summed E-state index contributed by atoms with van der Waals surface area (Å²) in [5.41, 5.74) is 7.07. The maximum Gasteiger partial charge on any atom is 0.274 e. The van der Waals surface area contributed by atoms with E-state index in [1.165, 1.54) is 14.5 Å². The highest BCUT2D eigenvalue weighted by Crippen LogP contribution is 2.16. The summed E-state index contributed by atoms with van der Waals surface area (Å²) in [4.78, 5) is 26.5. The SMILES string of the molecule is Cc1nn(C)c(C(=O)N(C)CC(=O)N(C)C)c1N. The number of hydrogen-bond donors (Lipinski definition) is 1. The van der Waals surface area contributed by atoms with Crippen molar-refractivity contribution in [2.24, 2.45) is 7.05 Å². The number of aromatic nitrogens is 2. The zero-order valence-electron chi connectivity index (χ0n) is 11.4. The van der Waals surface area contributed by atoms with Gasteiger partial charge in [0.25, 0.3) is 5.91 Å². The number of amides is 2. The van der Waals surface area contributed by atoms with Gasteiger partial charge < -0.3 is 15.5 Å². The number of nitrogens with two attached hydrogens (primary N) is 1. The van der Waals surface area contributed by atoms with E-state index in [0.717, 1.165) is 0 Å². The van der Waals surface area contributed by atoms with Gasteiger partial charge >= 0.3 is 0 Å². The quantitative estimate of drug-likeness (QED) is 0.785. The summed E-state index contributed by atoms with van der Waals surface area (Å²) >= 11 is 0. The van der Waals surface area contributed by atoms with Gasteiger partial charge in [-0.25, -0.2) is 0 Å². The number of likely N-dealkylation sites (N-methyl/N-ethyl adjacent to an activating group) is 2. The van der Waals surface area contributed by atoms with E-state index < -0.39 is 0 Å². The predicted molar refractivity (Wildman–Crippen MR) is 68.0 cm³/mol. The molecule has 0 aliphatic carbocycles. The number of carbonyl (C=O) groups is 2. The zero-order valence-corrected chi connectivity index (χ0v) is 11.4. The maximum absolute atomic E-state index is 12.2. The summed E-state index contributed by atoms with van der Waals surface area (Å²) in [7, 11) is 6.50. The van der Waals surface area contributed by atoms with Gasteiger partial charge in [-0.15, -0.1) is 0 Å². The number of nitrogen functional groups attached to an aromatic ring is 1. The molecule has 1 rings (SSSR count). The predicted octanol–water partition coefficient (Wildman–Crippen LogP) is -0.529. The van der Waals surface area contributed by atoms with Crippen LogP contribution in [-0.4, -0.2) is 59.1 Å². The van der Waals surface area contributed by atoms with E-state index >= 15 is 0 Å². The second kappa shape index (κ2) is 5.07. The Bertz CT molecular complexity index is 478. The molecule has 0 bridgehead atoms. The van der Waals surface area contributed by atoms with Crippen molar-refractivity contribution in [3.05, 3.63) is 11.4 Å². The molecule has 2 amide bonds. The molecule has 7 heteroatoms. The first-order valence-electron chi connectivity index (χ1n) is 5.50. The molecule has 100 valence electrons. The number of hydrogen-bond acceptors (Lipinski definition) is 4. The summed E-state index contributed by atoms with van der Waals surface area (Å²) < 4.78 is 1.43. The van der Waals surface area contributed by atoms with Gasteiger partial charge in [-0.1, -0.05) is 0 Å². The molecular formula is C11H19N5O2. The minimum atomic E-state index is -0.314. The number of anilines is 1. The van der Waals surface area contributed by atoms with Crippen molar-refractivity contribution >= 4 is 17.5 Å².